The van der Waals surface area contributed by atoms with Crippen molar-refractivity contribution in [1.29, 1.82) is 0 Å². The summed E-state index contributed by atoms with van der Waals surface area (Å²) in [6.07, 6.45) is 8.15. The van der Waals surface area contributed by atoms with Crippen molar-refractivity contribution in [3.8, 4) is 11.4 Å². The van der Waals surface area contributed by atoms with Crippen molar-refractivity contribution in [2.24, 2.45) is 0 Å². The van der Waals surface area contributed by atoms with Crippen LogP contribution in [0.1, 0.15) is 50.6 Å². The number of aromatic nitrogens is 6. The topological polar surface area (TPSA) is 134 Å². The molecular weight excluding hydrogens is 470 g/mol. The Labute approximate surface area is 205 Å². The molecule has 188 valence electrons. The molecule has 2 atom stereocenters. The summed E-state index contributed by atoms with van der Waals surface area (Å²) in [6.45, 7) is 6.18. The molecular formula is C23H31N7O4S. The van der Waals surface area contributed by atoms with E-state index in [1.807, 2.05) is 24.5 Å². The largest absolute Gasteiger partial charge is 0.382 e. The number of nitrogens with one attached hydrogen (secondary N) is 1. The van der Waals surface area contributed by atoms with Gasteiger partial charge in [-0.15, -0.1) is 10.2 Å². The van der Waals surface area contributed by atoms with Crippen molar-refractivity contribution in [3.63, 3.8) is 0 Å². The molecule has 12 heteroatoms. The zero-order valence-electron chi connectivity index (χ0n) is 20.4. The van der Waals surface area contributed by atoms with E-state index in [4.69, 9.17) is 9.47 Å². The summed E-state index contributed by atoms with van der Waals surface area (Å²) < 4.78 is 43.0. The van der Waals surface area contributed by atoms with E-state index in [0.29, 0.717) is 24.9 Å². The van der Waals surface area contributed by atoms with Crippen LogP contribution < -0.4 is 4.72 Å². The lowest BCUT2D eigenvalue weighted by Crippen LogP contribution is -2.35. The average molecular weight is 502 g/mol. The van der Waals surface area contributed by atoms with E-state index in [9.17, 15) is 8.42 Å². The number of ether oxygens (including phenoxy) is 2. The van der Waals surface area contributed by atoms with Crippen LogP contribution in [0.5, 0.6) is 0 Å². The summed E-state index contributed by atoms with van der Waals surface area (Å²) in [7, 11) is -2.35. The smallest absolute Gasteiger partial charge is 0.240 e. The second-order valence-electron chi connectivity index (χ2n) is 8.84. The molecule has 1 aliphatic rings. The Kier molecular flexibility index (Phi) is 7.43. The molecule has 0 bridgehead atoms. The first-order valence-corrected chi connectivity index (χ1v) is 13.1. The number of aryl methyl sites for hydroxylation is 1. The van der Waals surface area contributed by atoms with Crippen molar-refractivity contribution in [2.45, 2.75) is 56.9 Å². The summed E-state index contributed by atoms with van der Waals surface area (Å²) in [5.41, 5.74) is 1.18. The highest BCUT2D eigenvalue weighted by molar-refractivity contribution is 7.93. The van der Waals surface area contributed by atoms with E-state index < -0.39 is 26.9 Å². The second kappa shape index (κ2) is 10.3. The highest BCUT2D eigenvalue weighted by Gasteiger charge is 2.49. The molecule has 0 amide bonds. The molecule has 3 aromatic rings. The Balaban J connectivity index is 1.69. The average Bonchev–Trinajstić information content (AvgIpc) is 3.51. The quantitative estimate of drug-likeness (QED) is 0.397. The number of pyridine rings is 1. The molecule has 0 saturated heterocycles. The van der Waals surface area contributed by atoms with Gasteiger partial charge in [-0.2, -0.15) is 0 Å². The summed E-state index contributed by atoms with van der Waals surface area (Å²) in [6, 6.07) is 3.66. The second-order valence-corrected chi connectivity index (χ2v) is 10.9. The summed E-state index contributed by atoms with van der Waals surface area (Å²) in [5.74, 6) is 0.973. The lowest BCUT2D eigenvalue weighted by Gasteiger charge is -2.25. The maximum absolute atomic E-state index is 13.6. The third-order valence-corrected chi connectivity index (χ3v) is 7.70. The Hall–Kier alpha value is -2.96. The van der Waals surface area contributed by atoms with Gasteiger partial charge >= 0.3 is 0 Å². The first kappa shape index (κ1) is 25.1. The highest BCUT2D eigenvalue weighted by atomic mass is 32.2. The van der Waals surface area contributed by atoms with Crippen LogP contribution in [0.4, 0.5) is 5.95 Å². The number of nitrogens with zero attached hydrogens (tertiary/aromatic N) is 6. The maximum atomic E-state index is 13.6. The number of sulfonamides is 1. The molecule has 0 aromatic carbocycles. The lowest BCUT2D eigenvalue weighted by atomic mass is 10.2. The fraction of sp³-hybridized carbons (Fsp3) is 0.522. The number of methoxy groups -OCH3 is 1. The van der Waals surface area contributed by atoms with Crippen molar-refractivity contribution >= 4 is 16.0 Å². The van der Waals surface area contributed by atoms with Crippen molar-refractivity contribution in [2.75, 3.05) is 25.0 Å². The SMILES string of the molecule is CCCO[C@@H](c1ncc(C)cn1)[C@H](C)S(=O)(=O)Nc1nnc(-c2cccnc2)n1C1(COC)CC1. The number of hydrogen-bond acceptors (Lipinski definition) is 9. The van der Waals surface area contributed by atoms with Crippen LogP contribution in [0.15, 0.2) is 36.9 Å². The summed E-state index contributed by atoms with van der Waals surface area (Å²) >= 11 is 0. The van der Waals surface area contributed by atoms with E-state index in [1.165, 1.54) is 0 Å². The molecule has 0 unspecified atom stereocenters. The Morgan fingerprint density at radius 3 is 2.54 bits per heavy atom. The Morgan fingerprint density at radius 2 is 1.94 bits per heavy atom. The zero-order valence-corrected chi connectivity index (χ0v) is 21.2. The van der Waals surface area contributed by atoms with E-state index in [-0.39, 0.29) is 5.95 Å². The minimum Gasteiger partial charge on any atom is -0.382 e. The first-order valence-electron chi connectivity index (χ1n) is 11.6. The van der Waals surface area contributed by atoms with Gasteiger partial charge in [-0.1, -0.05) is 6.92 Å². The standard InChI is InChI=1S/C23H31N7O4S/c1-5-11-34-19(20-25-12-16(2)13-26-20)17(3)35(31,32)29-22-28-27-21(18-7-6-10-24-14-18)30(22)23(8-9-23)15-33-4/h6-7,10,12-14,17,19H,5,8-9,11,15H2,1-4H3,(H,28,29)/t17-,19+/m0/s1. The van der Waals surface area contributed by atoms with Gasteiger partial charge in [0.05, 0.1) is 12.1 Å². The van der Waals surface area contributed by atoms with Gasteiger partial charge in [-0.05, 0) is 50.8 Å². The minimum absolute atomic E-state index is 0.129. The number of hydrogen-bond donors (Lipinski definition) is 1. The van der Waals surface area contributed by atoms with E-state index in [0.717, 1.165) is 30.4 Å². The molecule has 0 aliphatic heterocycles. The van der Waals surface area contributed by atoms with E-state index in [2.05, 4.69) is 29.9 Å². The molecule has 1 aliphatic carbocycles. The predicted octanol–water partition coefficient (Wildman–Crippen LogP) is 2.87. The normalized spacial score (nSPS) is 16.6. The molecule has 0 radical (unpaired) electrons. The molecule has 1 fully saturated rings. The van der Waals surface area contributed by atoms with Crippen LogP contribution in [0.25, 0.3) is 11.4 Å². The number of anilines is 1. The van der Waals surface area contributed by atoms with Crippen molar-refractivity contribution in [3.05, 3.63) is 48.3 Å². The Morgan fingerprint density at radius 1 is 1.20 bits per heavy atom. The van der Waals surface area contributed by atoms with Gasteiger partial charge in [0.25, 0.3) is 0 Å². The third-order valence-electron chi connectivity index (χ3n) is 6.00. The highest BCUT2D eigenvalue weighted by Crippen LogP contribution is 2.47. The molecule has 3 heterocycles. The predicted molar refractivity (Wildman–Crippen MR) is 130 cm³/mol. The fourth-order valence-corrected chi connectivity index (χ4v) is 5.02. The molecule has 0 spiro atoms. The van der Waals surface area contributed by atoms with Crippen LogP contribution in [0.3, 0.4) is 0 Å². The van der Waals surface area contributed by atoms with E-state index >= 15 is 0 Å². The van der Waals surface area contributed by atoms with Crippen LogP contribution in [-0.2, 0) is 25.0 Å². The monoisotopic (exact) mass is 501 g/mol. The van der Waals surface area contributed by atoms with Gasteiger partial charge in [0.15, 0.2) is 11.6 Å². The van der Waals surface area contributed by atoms with Crippen LogP contribution >= 0.6 is 0 Å². The molecule has 11 nitrogen and oxygen atoms in total. The fourth-order valence-electron chi connectivity index (χ4n) is 3.92. The maximum Gasteiger partial charge on any atom is 0.240 e. The van der Waals surface area contributed by atoms with Gasteiger partial charge < -0.3 is 9.47 Å². The molecule has 4 rings (SSSR count). The van der Waals surface area contributed by atoms with Gasteiger partial charge in [-0.3, -0.25) is 14.3 Å². The summed E-state index contributed by atoms with van der Waals surface area (Å²) in [5, 5.41) is 7.54. The number of rotatable bonds is 12. The van der Waals surface area contributed by atoms with E-state index in [1.54, 1.807) is 44.9 Å². The molecule has 35 heavy (non-hydrogen) atoms. The third kappa shape index (κ3) is 5.34. The van der Waals surface area contributed by atoms with Crippen LogP contribution in [0, 0.1) is 6.92 Å². The van der Waals surface area contributed by atoms with Crippen LogP contribution in [0.2, 0.25) is 0 Å². The molecule has 1 saturated carbocycles. The zero-order chi connectivity index (χ0) is 25.1. The first-order chi connectivity index (χ1) is 16.8. The van der Waals surface area contributed by atoms with Gasteiger partial charge in [0.2, 0.25) is 16.0 Å². The van der Waals surface area contributed by atoms with Crippen molar-refractivity contribution in [1.82, 2.24) is 29.7 Å². The molecule has 1 N–H and O–H groups in total. The van der Waals surface area contributed by atoms with Gasteiger partial charge in [0, 0.05) is 44.1 Å². The van der Waals surface area contributed by atoms with Crippen LogP contribution in [-0.4, -0.2) is 63.7 Å². The molecule has 3 aromatic heterocycles. The lowest BCUT2D eigenvalue weighted by molar-refractivity contribution is 0.0466. The van der Waals surface area contributed by atoms with Gasteiger partial charge in [-0.25, -0.2) is 18.4 Å². The van der Waals surface area contributed by atoms with Crippen molar-refractivity contribution < 1.29 is 17.9 Å². The Bertz CT molecular complexity index is 1230. The van der Waals surface area contributed by atoms with Gasteiger partial charge in [0.1, 0.15) is 11.4 Å². The minimum atomic E-state index is -3.97. The summed E-state index contributed by atoms with van der Waals surface area (Å²) in [4.78, 5) is 12.8.